The lowest BCUT2D eigenvalue weighted by Gasteiger charge is -2.10. The molecule has 1 heterocycles. The molecular formula is C17H25N5O2. The van der Waals surface area contributed by atoms with Crippen molar-refractivity contribution in [1.29, 1.82) is 0 Å². The number of hydrogen-bond acceptors (Lipinski definition) is 7. The fourth-order valence-electron chi connectivity index (χ4n) is 1.91. The van der Waals surface area contributed by atoms with Gasteiger partial charge in [-0.3, -0.25) is 0 Å². The van der Waals surface area contributed by atoms with E-state index in [1.165, 1.54) is 0 Å². The Labute approximate surface area is 142 Å². The largest absolute Gasteiger partial charge is 0.361 e. The molecule has 2 N–H and O–H groups in total. The second-order valence-corrected chi connectivity index (χ2v) is 5.13. The average molecular weight is 331 g/mol. The molecule has 0 saturated heterocycles. The fraction of sp³-hybridized carbons (Fsp3) is 0.471. The molecule has 1 aromatic carbocycles. The number of rotatable bonds is 11. The van der Waals surface area contributed by atoms with E-state index in [0.29, 0.717) is 44.4 Å². The molecule has 0 radical (unpaired) electrons. The number of aromatic nitrogens is 3. The smallest absolute Gasteiger partial charge is 0.229 e. The van der Waals surface area contributed by atoms with Crippen LogP contribution in [0, 0.1) is 0 Å². The molecule has 1 aromatic heterocycles. The molecular weight excluding hydrogens is 306 g/mol. The van der Waals surface area contributed by atoms with Crippen molar-refractivity contribution in [3.05, 3.63) is 30.3 Å². The Hall–Kier alpha value is -2.25. The van der Waals surface area contributed by atoms with Crippen LogP contribution in [-0.4, -0.2) is 41.6 Å². The normalized spacial score (nSPS) is 10.6. The fourth-order valence-corrected chi connectivity index (χ4v) is 1.91. The van der Waals surface area contributed by atoms with Gasteiger partial charge >= 0.3 is 0 Å². The minimum absolute atomic E-state index is 0.359. The van der Waals surface area contributed by atoms with E-state index in [0.717, 1.165) is 18.4 Å². The molecule has 0 bridgehead atoms. The molecule has 0 fully saturated rings. The standard InChI is InChI=1S/C17H25N5O2/c1-3-10-23-12-18-16-20-15(14-8-6-5-7-9-14)21-17(22-16)19-13-24-11-4-2/h5-9H,3-4,10-13H2,1-2H3,(H2,18,19,20,21,22). The van der Waals surface area contributed by atoms with Crippen molar-refractivity contribution >= 4 is 11.9 Å². The van der Waals surface area contributed by atoms with Crippen LogP contribution in [0.4, 0.5) is 11.9 Å². The van der Waals surface area contributed by atoms with Gasteiger partial charge in [0.15, 0.2) is 5.82 Å². The van der Waals surface area contributed by atoms with E-state index in [2.05, 4.69) is 39.4 Å². The molecule has 0 saturated carbocycles. The van der Waals surface area contributed by atoms with Gasteiger partial charge in [-0.15, -0.1) is 0 Å². The van der Waals surface area contributed by atoms with E-state index in [1.54, 1.807) is 0 Å². The van der Waals surface area contributed by atoms with E-state index in [4.69, 9.17) is 9.47 Å². The number of benzene rings is 1. The van der Waals surface area contributed by atoms with Crippen molar-refractivity contribution in [2.75, 3.05) is 37.3 Å². The topological polar surface area (TPSA) is 81.2 Å². The van der Waals surface area contributed by atoms with Gasteiger partial charge in [0.2, 0.25) is 11.9 Å². The summed E-state index contributed by atoms with van der Waals surface area (Å²) in [5.74, 6) is 1.54. The summed E-state index contributed by atoms with van der Waals surface area (Å²) in [5.41, 5.74) is 0.926. The molecule has 0 spiro atoms. The van der Waals surface area contributed by atoms with Gasteiger partial charge in [0, 0.05) is 18.8 Å². The van der Waals surface area contributed by atoms with Crippen LogP contribution in [0.5, 0.6) is 0 Å². The summed E-state index contributed by atoms with van der Waals surface area (Å²) in [7, 11) is 0. The highest BCUT2D eigenvalue weighted by atomic mass is 16.5. The summed E-state index contributed by atoms with van der Waals surface area (Å²) < 4.78 is 10.9. The number of nitrogens with one attached hydrogen (secondary N) is 2. The van der Waals surface area contributed by atoms with Crippen molar-refractivity contribution < 1.29 is 9.47 Å². The number of ether oxygens (including phenoxy) is 2. The van der Waals surface area contributed by atoms with Gasteiger partial charge in [0.1, 0.15) is 13.5 Å². The van der Waals surface area contributed by atoms with Crippen LogP contribution in [0.25, 0.3) is 11.4 Å². The molecule has 0 aliphatic carbocycles. The Morgan fingerprint density at radius 1 is 0.792 bits per heavy atom. The third-order valence-corrected chi connectivity index (χ3v) is 3.03. The second-order valence-electron chi connectivity index (χ2n) is 5.13. The Morgan fingerprint density at radius 2 is 1.33 bits per heavy atom. The molecule has 2 aromatic rings. The summed E-state index contributed by atoms with van der Waals surface area (Å²) in [5, 5.41) is 6.13. The molecule has 7 nitrogen and oxygen atoms in total. The lowest BCUT2D eigenvalue weighted by molar-refractivity contribution is 0.152. The first-order chi connectivity index (χ1) is 11.8. The molecule has 130 valence electrons. The van der Waals surface area contributed by atoms with Gasteiger partial charge in [-0.25, -0.2) is 0 Å². The molecule has 7 heteroatoms. The van der Waals surface area contributed by atoms with Crippen molar-refractivity contribution in [2.45, 2.75) is 26.7 Å². The van der Waals surface area contributed by atoms with Crippen molar-refractivity contribution in [1.82, 2.24) is 15.0 Å². The Bertz CT molecular complexity index is 565. The zero-order valence-electron chi connectivity index (χ0n) is 14.3. The van der Waals surface area contributed by atoms with Gasteiger partial charge < -0.3 is 20.1 Å². The van der Waals surface area contributed by atoms with Gasteiger partial charge in [-0.05, 0) is 12.8 Å². The number of anilines is 2. The maximum absolute atomic E-state index is 5.43. The van der Waals surface area contributed by atoms with E-state index in [-0.39, 0.29) is 0 Å². The molecule has 0 unspecified atom stereocenters. The number of hydrogen-bond donors (Lipinski definition) is 2. The van der Waals surface area contributed by atoms with Crippen molar-refractivity contribution in [3.63, 3.8) is 0 Å². The van der Waals surface area contributed by atoms with Crippen LogP contribution in [-0.2, 0) is 9.47 Å². The van der Waals surface area contributed by atoms with Gasteiger partial charge in [0.05, 0.1) is 0 Å². The average Bonchev–Trinajstić information content (AvgIpc) is 2.63. The SMILES string of the molecule is CCCOCNc1nc(NCOCCC)nc(-c2ccccc2)n1. The summed E-state index contributed by atoms with van der Waals surface area (Å²) in [6, 6.07) is 9.79. The van der Waals surface area contributed by atoms with E-state index >= 15 is 0 Å². The Balaban J connectivity index is 2.10. The van der Waals surface area contributed by atoms with Crippen LogP contribution in [0.1, 0.15) is 26.7 Å². The summed E-state index contributed by atoms with van der Waals surface area (Å²) in [6.07, 6.45) is 1.94. The predicted molar refractivity (Wildman–Crippen MR) is 94.7 cm³/mol. The Kier molecular flexibility index (Phi) is 7.92. The maximum atomic E-state index is 5.43. The predicted octanol–water partition coefficient (Wildman–Crippen LogP) is 3.13. The number of nitrogens with zero attached hydrogens (tertiary/aromatic N) is 3. The van der Waals surface area contributed by atoms with Crippen LogP contribution in [0.15, 0.2) is 30.3 Å². The summed E-state index contributed by atoms with van der Waals surface area (Å²) in [4.78, 5) is 13.3. The van der Waals surface area contributed by atoms with Crippen molar-refractivity contribution in [3.8, 4) is 11.4 Å². The molecule has 0 amide bonds. The minimum Gasteiger partial charge on any atom is -0.361 e. The van der Waals surface area contributed by atoms with Crippen LogP contribution in [0.2, 0.25) is 0 Å². The molecule has 2 rings (SSSR count). The maximum Gasteiger partial charge on any atom is 0.229 e. The first-order valence-corrected chi connectivity index (χ1v) is 8.28. The first kappa shape index (κ1) is 18.1. The molecule has 0 aliphatic heterocycles. The third-order valence-electron chi connectivity index (χ3n) is 3.03. The van der Waals surface area contributed by atoms with Gasteiger partial charge in [-0.1, -0.05) is 44.2 Å². The molecule has 0 atom stereocenters. The van der Waals surface area contributed by atoms with Gasteiger partial charge in [0.25, 0.3) is 0 Å². The summed E-state index contributed by atoms with van der Waals surface area (Å²) in [6.45, 7) is 6.23. The zero-order valence-corrected chi connectivity index (χ0v) is 14.3. The van der Waals surface area contributed by atoms with E-state index < -0.39 is 0 Å². The molecule has 24 heavy (non-hydrogen) atoms. The van der Waals surface area contributed by atoms with Crippen LogP contribution in [0.3, 0.4) is 0 Å². The highest BCUT2D eigenvalue weighted by molar-refractivity contribution is 5.57. The first-order valence-electron chi connectivity index (χ1n) is 8.28. The van der Waals surface area contributed by atoms with Crippen LogP contribution < -0.4 is 10.6 Å². The quantitative estimate of drug-likeness (QED) is 0.483. The minimum atomic E-state index is 0.359. The highest BCUT2D eigenvalue weighted by Crippen LogP contribution is 2.17. The zero-order chi connectivity index (χ0) is 17.0. The van der Waals surface area contributed by atoms with Gasteiger partial charge in [-0.2, -0.15) is 15.0 Å². The lowest BCUT2D eigenvalue weighted by atomic mass is 10.2. The lowest BCUT2D eigenvalue weighted by Crippen LogP contribution is -2.14. The van der Waals surface area contributed by atoms with E-state index in [9.17, 15) is 0 Å². The molecule has 0 aliphatic rings. The van der Waals surface area contributed by atoms with Crippen molar-refractivity contribution in [2.24, 2.45) is 0 Å². The Morgan fingerprint density at radius 3 is 1.83 bits per heavy atom. The van der Waals surface area contributed by atoms with E-state index in [1.807, 2.05) is 30.3 Å². The van der Waals surface area contributed by atoms with Crippen LogP contribution >= 0.6 is 0 Å². The second kappa shape index (κ2) is 10.5. The monoisotopic (exact) mass is 331 g/mol. The highest BCUT2D eigenvalue weighted by Gasteiger charge is 2.08. The summed E-state index contributed by atoms with van der Waals surface area (Å²) >= 11 is 0. The third kappa shape index (κ3) is 6.10.